The van der Waals surface area contributed by atoms with Crippen LogP contribution in [0.3, 0.4) is 0 Å². The van der Waals surface area contributed by atoms with E-state index in [1.807, 2.05) is 73.0 Å². The standard InChI is InChI=1S/C26H24N4O2S/c1-17-9-11-21(12-10-17)24-28-29-26(30(24)23-7-5-4-6-8-23)33-19(3)25(32)27-22-15-13-20(14-16-22)18(2)31/h4-16,19H,1-3H3,(H,27,32). The van der Waals surface area contributed by atoms with Crippen LogP contribution in [0.25, 0.3) is 17.1 Å². The third kappa shape index (κ3) is 5.21. The molecule has 0 aliphatic rings. The first-order valence-corrected chi connectivity index (χ1v) is 11.5. The highest BCUT2D eigenvalue weighted by molar-refractivity contribution is 8.00. The van der Waals surface area contributed by atoms with Crippen LogP contribution in [-0.4, -0.2) is 31.7 Å². The van der Waals surface area contributed by atoms with Crippen molar-refractivity contribution in [2.45, 2.75) is 31.2 Å². The zero-order chi connectivity index (χ0) is 23.4. The van der Waals surface area contributed by atoms with Crippen molar-refractivity contribution in [2.24, 2.45) is 0 Å². The van der Waals surface area contributed by atoms with E-state index in [9.17, 15) is 9.59 Å². The number of ketones is 1. The lowest BCUT2D eigenvalue weighted by Crippen LogP contribution is -2.23. The predicted molar refractivity (Wildman–Crippen MR) is 132 cm³/mol. The first-order valence-electron chi connectivity index (χ1n) is 10.6. The molecule has 1 N–H and O–H groups in total. The summed E-state index contributed by atoms with van der Waals surface area (Å²) in [6, 6.07) is 24.9. The molecular formula is C26H24N4O2S. The molecule has 0 fully saturated rings. The molecule has 33 heavy (non-hydrogen) atoms. The van der Waals surface area contributed by atoms with Crippen LogP contribution in [0, 0.1) is 6.92 Å². The molecular weight excluding hydrogens is 432 g/mol. The summed E-state index contributed by atoms with van der Waals surface area (Å²) in [5, 5.41) is 12.0. The summed E-state index contributed by atoms with van der Waals surface area (Å²) in [7, 11) is 0. The first-order chi connectivity index (χ1) is 15.9. The molecule has 4 rings (SSSR count). The third-order valence-corrected chi connectivity index (χ3v) is 6.21. The number of aryl methyl sites for hydroxylation is 1. The van der Waals surface area contributed by atoms with Crippen molar-refractivity contribution < 1.29 is 9.59 Å². The van der Waals surface area contributed by atoms with Crippen molar-refractivity contribution in [3.05, 3.63) is 90.0 Å². The molecule has 6 nitrogen and oxygen atoms in total. The number of benzene rings is 3. The SMILES string of the molecule is CC(=O)c1ccc(NC(=O)C(C)Sc2nnc(-c3ccc(C)cc3)n2-c2ccccc2)cc1. The molecule has 0 aliphatic carbocycles. The molecule has 1 unspecified atom stereocenters. The number of carbonyl (C=O) groups excluding carboxylic acids is 2. The molecule has 0 saturated heterocycles. The number of nitrogens with one attached hydrogen (secondary N) is 1. The van der Waals surface area contributed by atoms with Gasteiger partial charge in [-0.15, -0.1) is 10.2 Å². The fourth-order valence-electron chi connectivity index (χ4n) is 3.29. The van der Waals surface area contributed by atoms with E-state index in [2.05, 4.69) is 15.5 Å². The lowest BCUT2D eigenvalue weighted by molar-refractivity contribution is -0.115. The van der Waals surface area contributed by atoms with E-state index in [-0.39, 0.29) is 11.7 Å². The molecule has 1 heterocycles. The molecule has 0 spiro atoms. The van der Waals surface area contributed by atoms with E-state index in [4.69, 9.17) is 0 Å². The summed E-state index contributed by atoms with van der Waals surface area (Å²) in [5.74, 6) is 0.549. The summed E-state index contributed by atoms with van der Waals surface area (Å²) in [4.78, 5) is 24.3. The monoisotopic (exact) mass is 456 g/mol. The minimum Gasteiger partial charge on any atom is -0.325 e. The van der Waals surface area contributed by atoms with Crippen molar-refractivity contribution in [3.63, 3.8) is 0 Å². The van der Waals surface area contributed by atoms with Gasteiger partial charge in [0.25, 0.3) is 0 Å². The summed E-state index contributed by atoms with van der Waals surface area (Å²) in [6.07, 6.45) is 0. The van der Waals surface area contributed by atoms with E-state index in [0.717, 1.165) is 17.1 Å². The van der Waals surface area contributed by atoms with Gasteiger partial charge in [-0.3, -0.25) is 14.2 Å². The fourth-order valence-corrected chi connectivity index (χ4v) is 4.16. The number of para-hydroxylation sites is 1. The Hall–Kier alpha value is -3.71. The maximum Gasteiger partial charge on any atom is 0.237 e. The second-order valence-electron chi connectivity index (χ2n) is 7.73. The number of anilines is 1. The Bertz CT molecular complexity index is 1270. The van der Waals surface area contributed by atoms with Gasteiger partial charge < -0.3 is 5.32 Å². The van der Waals surface area contributed by atoms with E-state index >= 15 is 0 Å². The lowest BCUT2D eigenvalue weighted by atomic mass is 10.1. The van der Waals surface area contributed by atoms with E-state index in [0.29, 0.717) is 16.4 Å². The Morgan fingerprint density at radius 2 is 1.58 bits per heavy atom. The fraction of sp³-hybridized carbons (Fsp3) is 0.154. The molecule has 0 radical (unpaired) electrons. The van der Waals surface area contributed by atoms with Crippen LogP contribution in [0.2, 0.25) is 0 Å². The number of hydrogen-bond donors (Lipinski definition) is 1. The van der Waals surface area contributed by atoms with Gasteiger partial charge in [-0.1, -0.05) is 59.8 Å². The van der Waals surface area contributed by atoms with Crippen LogP contribution in [-0.2, 0) is 4.79 Å². The number of hydrogen-bond acceptors (Lipinski definition) is 5. The quantitative estimate of drug-likeness (QED) is 0.291. The minimum atomic E-state index is -0.421. The van der Waals surface area contributed by atoms with Crippen LogP contribution < -0.4 is 5.32 Å². The van der Waals surface area contributed by atoms with Gasteiger partial charge in [-0.25, -0.2) is 0 Å². The van der Waals surface area contributed by atoms with E-state index in [1.54, 1.807) is 24.3 Å². The highest BCUT2D eigenvalue weighted by Crippen LogP contribution is 2.30. The molecule has 3 aromatic carbocycles. The Morgan fingerprint density at radius 3 is 2.21 bits per heavy atom. The zero-order valence-corrected chi connectivity index (χ0v) is 19.5. The van der Waals surface area contributed by atoms with Gasteiger partial charge >= 0.3 is 0 Å². The highest BCUT2D eigenvalue weighted by Gasteiger charge is 2.22. The topological polar surface area (TPSA) is 76.9 Å². The number of thioether (sulfide) groups is 1. The summed E-state index contributed by atoms with van der Waals surface area (Å²) >= 11 is 1.34. The molecule has 4 aromatic rings. The summed E-state index contributed by atoms with van der Waals surface area (Å²) in [6.45, 7) is 5.39. The Balaban J connectivity index is 1.58. The van der Waals surface area contributed by atoms with Crippen LogP contribution in [0.4, 0.5) is 5.69 Å². The van der Waals surface area contributed by atoms with Gasteiger partial charge in [0.15, 0.2) is 16.8 Å². The summed E-state index contributed by atoms with van der Waals surface area (Å²) < 4.78 is 1.97. The average Bonchev–Trinajstić information content (AvgIpc) is 3.23. The molecule has 166 valence electrons. The largest absolute Gasteiger partial charge is 0.325 e. The number of carbonyl (C=O) groups is 2. The molecule has 1 atom stereocenters. The van der Waals surface area contributed by atoms with Crippen LogP contribution in [0.15, 0.2) is 84.0 Å². The molecule has 7 heteroatoms. The second-order valence-corrected chi connectivity index (χ2v) is 9.03. The van der Waals surface area contributed by atoms with Crippen LogP contribution in [0.5, 0.6) is 0 Å². The first kappa shape index (κ1) is 22.5. The Labute approximate surface area is 197 Å². The molecule has 0 saturated carbocycles. The second kappa shape index (κ2) is 9.83. The van der Waals surface area contributed by atoms with Crippen molar-refractivity contribution in [2.75, 3.05) is 5.32 Å². The maximum absolute atomic E-state index is 12.8. The Morgan fingerprint density at radius 1 is 0.909 bits per heavy atom. The number of aromatic nitrogens is 3. The summed E-state index contributed by atoms with van der Waals surface area (Å²) in [5.41, 5.74) is 4.29. The number of nitrogens with zero attached hydrogens (tertiary/aromatic N) is 3. The average molecular weight is 457 g/mol. The zero-order valence-electron chi connectivity index (χ0n) is 18.6. The van der Waals surface area contributed by atoms with Crippen molar-refractivity contribution in [3.8, 4) is 17.1 Å². The minimum absolute atomic E-state index is 0.0126. The third-order valence-electron chi connectivity index (χ3n) is 5.17. The number of amides is 1. The normalized spacial score (nSPS) is 11.7. The molecule has 0 aliphatic heterocycles. The number of Topliss-reactive ketones (excluding diaryl/α,β-unsaturated/α-hetero) is 1. The van der Waals surface area contributed by atoms with Crippen LogP contribution in [0.1, 0.15) is 29.8 Å². The van der Waals surface area contributed by atoms with Crippen LogP contribution >= 0.6 is 11.8 Å². The van der Waals surface area contributed by atoms with Crippen molar-refractivity contribution in [1.29, 1.82) is 0 Å². The van der Waals surface area contributed by atoms with Gasteiger partial charge in [-0.2, -0.15) is 0 Å². The number of rotatable bonds is 7. The molecule has 1 amide bonds. The van der Waals surface area contributed by atoms with Gasteiger partial charge in [0.1, 0.15) is 0 Å². The van der Waals surface area contributed by atoms with E-state index in [1.165, 1.54) is 24.2 Å². The van der Waals surface area contributed by atoms with Crippen molar-refractivity contribution in [1.82, 2.24) is 14.8 Å². The van der Waals surface area contributed by atoms with Gasteiger partial charge in [0.05, 0.1) is 5.25 Å². The van der Waals surface area contributed by atoms with Gasteiger partial charge in [0.2, 0.25) is 5.91 Å². The van der Waals surface area contributed by atoms with Gasteiger partial charge in [-0.05, 0) is 57.2 Å². The lowest BCUT2D eigenvalue weighted by Gasteiger charge is -2.14. The van der Waals surface area contributed by atoms with Crippen molar-refractivity contribution >= 4 is 29.1 Å². The van der Waals surface area contributed by atoms with Gasteiger partial charge in [0, 0.05) is 22.5 Å². The molecule has 1 aromatic heterocycles. The highest BCUT2D eigenvalue weighted by atomic mass is 32.2. The maximum atomic E-state index is 12.8. The predicted octanol–water partition coefficient (Wildman–Crippen LogP) is 5.56. The van der Waals surface area contributed by atoms with E-state index < -0.39 is 5.25 Å². The smallest absolute Gasteiger partial charge is 0.237 e. The molecule has 0 bridgehead atoms. The Kier molecular flexibility index (Phi) is 6.70.